The van der Waals surface area contributed by atoms with Crippen LogP contribution in [0, 0.1) is 11.6 Å². The molecule has 2 heterocycles. The number of benzene rings is 3. The van der Waals surface area contributed by atoms with Crippen LogP contribution in [0.15, 0.2) is 54.6 Å². The maximum atomic E-state index is 14.6. The fourth-order valence-electron chi connectivity index (χ4n) is 4.84. The van der Waals surface area contributed by atoms with E-state index in [1.807, 2.05) is 11.5 Å². The standard InChI is InChI=1S/C27H23F2NO5/c1-3-27(13-35-14-27)25-23(15-4-6-16(7-5-15)26(32)33)24-20(10-17(28)11-21(24)31)30(25)18-8-9-19(29)22(12-18)34-2/h4-12,31H,3,13-14H2,1-2H3,(H,32,33). The molecular formula is C27H23F2NO5. The summed E-state index contributed by atoms with van der Waals surface area (Å²) in [5.74, 6) is -2.45. The smallest absolute Gasteiger partial charge is 0.335 e. The zero-order chi connectivity index (χ0) is 24.9. The second-order valence-corrected chi connectivity index (χ2v) is 8.71. The highest BCUT2D eigenvalue weighted by molar-refractivity contribution is 6.04. The van der Waals surface area contributed by atoms with Gasteiger partial charge in [0, 0.05) is 29.1 Å². The maximum Gasteiger partial charge on any atom is 0.335 e. The monoisotopic (exact) mass is 479 g/mol. The number of carboxylic acid groups (broad SMARTS) is 1. The minimum atomic E-state index is -1.06. The van der Waals surface area contributed by atoms with E-state index in [-0.39, 0.29) is 17.1 Å². The molecule has 0 amide bonds. The number of aromatic carboxylic acids is 1. The normalized spacial score (nSPS) is 14.6. The summed E-state index contributed by atoms with van der Waals surface area (Å²) >= 11 is 0. The zero-order valence-electron chi connectivity index (χ0n) is 19.1. The van der Waals surface area contributed by atoms with Gasteiger partial charge in [-0.05, 0) is 42.3 Å². The molecule has 1 saturated heterocycles. The van der Waals surface area contributed by atoms with Crippen LogP contribution in [0.2, 0.25) is 0 Å². The zero-order valence-corrected chi connectivity index (χ0v) is 19.1. The second kappa shape index (κ2) is 8.39. The van der Waals surface area contributed by atoms with Crippen LogP contribution in [0.4, 0.5) is 8.78 Å². The van der Waals surface area contributed by atoms with Crippen molar-refractivity contribution in [2.75, 3.05) is 20.3 Å². The Morgan fingerprint density at radius 1 is 1.11 bits per heavy atom. The van der Waals surface area contributed by atoms with Crippen molar-refractivity contribution >= 4 is 16.9 Å². The molecule has 0 unspecified atom stereocenters. The Morgan fingerprint density at radius 2 is 1.83 bits per heavy atom. The van der Waals surface area contributed by atoms with Crippen molar-refractivity contribution < 1.29 is 33.3 Å². The van der Waals surface area contributed by atoms with E-state index in [1.165, 1.54) is 37.4 Å². The molecule has 5 rings (SSSR count). The first-order chi connectivity index (χ1) is 16.8. The average molecular weight is 479 g/mol. The van der Waals surface area contributed by atoms with Crippen LogP contribution in [-0.2, 0) is 10.2 Å². The molecule has 8 heteroatoms. The third kappa shape index (κ3) is 3.52. The molecule has 4 aromatic rings. The molecule has 2 N–H and O–H groups in total. The van der Waals surface area contributed by atoms with Crippen LogP contribution in [0.5, 0.6) is 11.5 Å². The number of aromatic nitrogens is 1. The number of hydrogen-bond donors (Lipinski definition) is 2. The van der Waals surface area contributed by atoms with Crippen molar-refractivity contribution in [3.05, 3.63) is 77.5 Å². The van der Waals surface area contributed by atoms with Gasteiger partial charge in [0.2, 0.25) is 0 Å². The lowest BCUT2D eigenvalue weighted by atomic mass is 9.76. The molecule has 0 radical (unpaired) electrons. The Kier molecular flexibility index (Phi) is 5.48. The number of halogens is 2. The summed E-state index contributed by atoms with van der Waals surface area (Å²) in [4.78, 5) is 11.4. The molecule has 0 saturated carbocycles. The third-order valence-corrected chi connectivity index (χ3v) is 6.76. The molecule has 1 aliphatic rings. The van der Waals surface area contributed by atoms with Gasteiger partial charge in [-0.2, -0.15) is 0 Å². The number of methoxy groups -OCH3 is 1. The molecule has 6 nitrogen and oxygen atoms in total. The topological polar surface area (TPSA) is 80.9 Å². The number of ether oxygens (including phenoxy) is 2. The van der Waals surface area contributed by atoms with Gasteiger partial charge in [0.05, 0.1) is 42.2 Å². The van der Waals surface area contributed by atoms with E-state index in [2.05, 4.69) is 0 Å². The molecule has 0 aliphatic carbocycles. The van der Waals surface area contributed by atoms with Gasteiger partial charge in [-0.15, -0.1) is 0 Å². The molecular weight excluding hydrogens is 456 g/mol. The van der Waals surface area contributed by atoms with Gasteiger partial charge in [0.25, 0.3) is 0 Å². The Balaban J connectivity index is 1.93. The van der Waals surface area contributed by atoms with Crippen molar-refractivity contribution in [1.29, 1.82) is 0 Å². The summed E-state index contributed by atoms with van der Waals surface area (Å²) in [6.07, 6.45) is 0.686. The summed E-state index contributed by atoms with van der Waals surface area (Å²) in [5, 5.41) is 20.7. The highest BCUT2D eigenvalue weighted by Crippen LogP contribution is 2.49. The molecule has 1 aromatic heterocycles. The molecule has 180 valence electrons. The summed E-state index contributed by atoms with van der Waals surface area (Å²) in [5.41, 5.74) is 2.63. The van der Waals surface area contributed by atoms with Crippen molar-refractivity contribution in [2.24, 2.45) is 0 Å². The largest absolute Gasteiger partial charge is 0.507 e. The van der Waals surface area contributed by atoms with Gasteiger partial charge in [-0.3, -0.25) is 0 Å². The number of nitrogens with zero attached hydrogens (tertiary/aromatic N) is 1. The predicted molar refractivity (Wildman–Crippen MR) is 127 cm³/mol. The number of fused-ring (bicyclic) bond motifs is 1. The molecule has 1 aliphatic heterocycles. The third-order valence-electron chi connectivity index (χ3n) is 6.76. The van der Waals surface area contributed by atoms with Crippen LogP contribution in [-0.4, -0.2) is 41.1 Å². The molecule has 0 atom stereocenters. The lowest BCUT2D eigenvalue weighted by Crippen LogP contribution is -2.47. The van der Waals surface area contributed by atoms with E-state index in [4.69, 9.17) is 9.47 Å². The Hall–Kier alpha value is -3.91. The highest BCUT2D eigenvalue weighted by atomic mass is 19.1. The average Bonchev–Trinajstić information content (AvgIpc) is 3.14. The van der Waals surface area contributed by atoms with Crippen molar-refractivity contribution in [1.82, 2.24) is 4.57 Å². The molecule has 0 spiro atoms. The first-order valence-corrected chi connectivity index (χ1v) is 11.1. The van der Waals surface area contributed by atoms with Crippen LogP contribution in [0.1, 0.15) is 29.4 Å². The number of phenolic OH excluding ortho intramolecular Hbond substituents is 1. The first kappa shape index (κ1) is 22.9. The highest BCUT2D eigenvalue weighted by Gasteiger charge is 2.44. The van der Waals surface area contributed by atoms with E-state index in [9.17, 15) is 23.8 Å². The van der Waals surface area contributed by atoms with Gasteiger partial charge in [0.1, 0.15) is 11.6 Å². The minimum absolute atomic E-state index is 0.0266. The van der Waals surface area contributed by atoms with Crippen LogP contribution >= 0.6 is 0 Å². The summed E-state index contributed by atoms with van der Waals surface area (Å²) in [7, 11) is 1.37. The number of phenols is 1. The van der Waals surface area contributed by atoms with E-state index < -0.39 is 23.0 Å². The number of aromatic hydroxyl groups is 1. The van der Waals surface area contributed by atoms with Gasteiger partial charge < -0.3 is 24.3 Å². The second-order valence-electron chi connectivity index (χ2n) is 8.71. The van der Waals surface area contributed by atoms with Crippen LogP contribution < -0.4 is 4.74 Å². The van der Waals surface area contributed by atoms with Gasteiger partial charge in [-0.25, -0.2) is 13.6 Å². The van der Waals surface area contributed by atoms with Gasteiger partial charge in [0.15, 0.2) is 11.6 Å². The van der Waals surface area contributed by atoms with Gasteiger partial charge >= 0.3 is 5.97 Å². The van der Waals surface area contributed by atoms with Crippen molar-refractivity contribution in [3.8, 4) is 28.3 Å². The summed E-state index contributed by atoms with van der Waals surface area (Å²) in [6, 6.07) is 13.1. The molecule has 3 aromatic carbocycles. The number of hydrogen-bond acceptors (Lipinski definition) is 4. The van der Waals surface area contributed by atoms with E-state index in [0.717, 1.165) is 11.8 Å². The maximum absolute atomic E-state index is 14.6. The van der Waals surface area contributed by atoms with E-state index in [0.29, 0.717) is 47.4 Å². The van der Waals surface area contributed by atoms with Crippen molar-refractivity contribution in [2.45, 2.75) is 18.8 Å². The lowest BCUT2D eigenvalue weighted by Gasteiger charge is -2.42. The number of carbonyl (C=O) groups is 1. The van der Waals surface area contributed by atoms with Gasteiger partial charge in [-0.1, -0.05) is 19.1 Å². The lowest BCUT2D eigenvalue weighted by molar-refractivity contribution is -0.0644. The fourth-order valence-corrected chi connectivity index (χ4v) is 4.84. The minimum Gasteiger partial charge on any atom is -0.507 e. The Bertz CT molecular complexity index is 1450. The Labute approximate surface area is 200 Å². The Morgan fingerprint density at radius 3 is 2.40 bits per heavy atom. The van der Waals surface area contributed by atoms with Crippen LogP contribution in [0.3, 0.4) is 0 Å². The molecule has 0 bridgehead atoms. The predicted octanol–water partition coefficient (Wildman–Crippen LogP) is 5.67. The molecule has 1 fully saturated rings. The molecule has 35 heavy (non-hydrogen) atoms. The number of carboxylic acids is 1. The van der Waals surface area contributed by atoms with Crippen molar-refractivity contribution in [3.63, 3.8) is 0 Å². The first-order valence-electron chi connectivity index (χ1n) is 11.1. The SMILES string of the molecule is CCC1(c2c(-c3ccc(C(=O)O)cc3)c3c(O)cc(F)cc3n2-c2ccc(F)c(OC)c2)COC1. The quantitative estimate of drug-likeness (QED) is 0.373. The van der Waals surface area contributed by atoms with E-state index >= 15 is 0 Å². The van der Waals surface area contributed by atoms with E-state index in [1.54, 1.807) is 18.2 Å². The van der Waals surface area contributed by atoms with Crippen LogP contribution in [0.25, 0.3) is 27.7 Å². The number of rotatable bonds is 6. The summed E-state index contributed by atoms with van der Waals surface area (Å²) in [6.45, 7) is 2.83. The summed E-state index contributed by atoms with van der Waals surface area (Å²) < 4.78 is 41.5. The fraction of sp³-hybridized carbons (Fsp3) is 0.222.